The van der Waals surface area contributed by atoms with Crippen molar-refractivity contribution in [3.05, 3.63) is 34.9 Å². The van der Waals surface area contributed by atoms with E-state index in [1.54, 1.807) is 25.1 Å². The van der Waals surface area contributed by atoms with Gasteiger partial charge < -0.3 is 10.1 Å². The number of amides is 1. The fraction of sp³-hybridized carbons (Fsp3) is 0.308. The lowest BCUT2D eigenvalue weighted by Gasteiger charge is -2.11. The first-order valence-electron chi connectivity index (χ1n) is 6.23. The SMILES string of the molecule is CCCOc1ccc(Cl)cc1NC(=O)c1n[nH]c(C)n1. The molecule has 0 aliphatic rings. The molecule has 0 aliphatic carbocycles. The van der Waals surface area contributed by atoms with Crippen molar-refractivity contribution in [1.82, 2.24) is 15.2 Å². The highest BCUT2D eigenvalue weighted by molar-refractivity contribution is 6.31. The third kappa shape index (κ3) is 3.48. The summed E-state index contributed by atoms with van der Waals surface area (Å²) in [6, 6.07) is 5.06. The van der Waals surface area contributed by atoms with E-state index < -0.39 is 5.91 Å². The van der Waals surface area contributed by atoms with Crippen LogP contribution in [0.2, 0.25) is 5.02 Å². The number of nitrogens with zero attached hydrogens (tertiary/aromatic N) is 2. The molecule has 0 radical (unpaired) electrons. The highest BCUT2D eigenvalue weighted by Gasteiger charge is 2.14. The molecule has 1 heterocycles. The maximum absolute atomic E-state index is 12.0. The normalized spacial score (nSPS) is 10.3. The number of ether oxygens (including phenoxy) is 1. The predicted octanol–water partition coefficient (Wildman–Crippen LogP) is 2.81. The second-order valence-corrected chi connectivity index (χ2v) is 4.62. The van der Waals surface area contributed by atoms with Crippen LogP contribution in [0.5, 0.6) is 5.75 Å². The molecule has 0 bridgehead atoms. The van der Waals surface area contributed by atoms with Gasteiger partial charge in [-0.3, -0.25) is 9.89 Å². The molecule has 0 saturated heterocycles. The van der Waals surface area contributed by atoms with Gasteiger partial charge in [-0.15, -0.1) is 5.10 Å². The molecule has 2 N–H and O–H groups in total. The molecule has 0 fully saturated rings. The van der Waals surface area contributed by atoms with Crippen molar-refractivity contribution < 1.29 is 9.53 Å². The minimum Gasteiger partial charge on any atom is -0.491 e. The van der Waals surface area contributed by atoms with Gasteiger partial charge in [0, 0.05) is 5.02 Å². The Morgan fingerprint density at radius 1 is 1.50 bits per heavy atom. The van der Waals surface area contributed by atoms with Crippen LogP contribution < -0.4 is 10.1 Å². The molecule has 1 aromatic carbocycles. The van der Waals surface area contributed by atoms with Gasteiger partial charge in [-0.25, -0.2) is 4.98 Å². The first-order chi connectivity index (χ1) is 9.60. The lowest BCUT2D eigenvalue weighted by molar-refractivity contribution is 0.101. The molecular formula is C13H15ClN4O2. The maximum atomic E-state index is 12.0. The Balaban J connectivity index is 2.18. The smallest absolute Gasteiger partial charge is 0.295 e. The number of H-pyrrole nitrogens is 1. The van der Waals surface area contributed by atoms with Gasteiger partial charge >= 0.3 is 0 Å². The summed E-state index contributed by atoms with van der Waals surface area (Å²) in [7, 11) is 0. The molecule has 1 aromatic heterocycles. The number of hydrogen-bond donors (Lipinski definition) is 2. The van der Waals surface area contributed by atoms with E-state index in [1.807, 2.05) is 6.92 Å². The molecule has 2 rings (SSSR count). The topological polar surface area (TPSA) is 79.9 Å². The van der Waals surface area contributed by atoms with Crippen molar-refractivity contribution in [3.63, 3.8) is 0 Å². The molecule has 0 unspecified atom stereocenters. The third-order valence-electron chi connectivity index (χ3n) is 2.45. The number of rotatable bonds is 5. The predicted molar refractivity (Wildman–Crippen MR) is 76.3 cm³/mol. The van der Waals surface area contributed by atoms with Gasteiger partial charge in [-0.2, -0.15) is 0 Å². The molecule has 0 atom stereocenters. The van der Waals surface area contributed by atoms with Crippen LogP contribution in [0.15, 0.2) is 18.2 Å². The van der Waals surface area contributed by atoms with Gasteiger partial charge in [0.1, 0.15) is 11.6 Å². The van der Waals surface area contributed by atoms with Crippen LogP contribution in [0.3, 0.4) is 0 Å². The van der Waals surface area contributed by atoms with Gasteiger partial charge in [-0.1, -0.05) is 18.5 Å². The van der Waals surface area contributed by atoms with E-state index in [1.165, 1.54) is 0 Å². The van der Waals surface area contributed by atoms with Gasteiger partial charge in [0.25, 0.3) is 5.91 Å². The van der Waals surface area contributed by atoms with Crippen LogP contribution in [0.4, 0.5) is 5.69 Å². The summed E-state index contributed by atoms with van der Waals surface area (Å²) in [5.41, 5.74) is 0.499. The first kappa shape index (κ1) is 14.3. The van der Waals surface area contributed by atoms with Crippen LogP contribution in [-0.2, 0) is 0 Å². The largest absolute Gasteiger partial charge is 0.491 e. The molecule has 106 valence electrons. The molecule has 20 heavy (non-hydrogen) atoms. The van der Waals surface area contributed by atoms with E-state index in [2.05, 4.69) is 20.5 Å². The van der Waals surface area contributed by atoms with Crippen molar-refractivity contribution >= 4 is 23.2 Å². The summed E-state index contributed by atoms with van der Waals surface area (Å²) in [5, 5.41) is 9.63. The Kier molecular flexibility index (Phi) is 4.57. The third-order valence-corrected chi connectivity index (χ3v) is 2.69. The molecule has 1 amide bonds. The van der Waals surface area contributed by atoms with Crippen LogP contribution in [0.1, 0.15) is 29.8 Å². The van der Waals surface area contributed by atoms with Crippen molar-refractivity contribution in [3.8, 4) is 5.75 Å². The fourth-order valence-electron chi connectivity index (χ4n) is 1.56. The van der Waals surface area contributed by atoms with Gasteiger partial charge in [0.15, 0.2) is 0 Å². The number of anilines is 1. The van der Waals surface area contributed by atoms with Crippen molar-refractivity contribution in [2.24, 2.45) is 0 Å². The van der Waals surface area contributed by atoms with Crippen LogP contribution in [0.25, 0.3) is 0 Å². The second-order valence-electron chi connectivity index (χ2n) is 4.19. The quantitative estimate of drug-likeness (QED) is 0.888. The standard InChI is InChI=1S/C13H15ClN4O2/c1-3-6-20-11-5-4-9(14)7-10(11)16-13(19)12-15-8(2)17-18-12/h4-5,7H,3,6H2,1-2H3,(H,16,19)(H,15,17,18). The number of carbonyl (C=O) groups excluding carboxylic acids is 1. The molecule has 0 aliphatic heterocycles. The van der Waals surface area contributed by atoms with E-state index in [4.69, 9.17) is 16.3 Å². The van der Waals surface area contributed by atoms with Crippen LogP contribution in [0, 0.1) is 6.92 Å². The molecule has 2 aromatic rings. The van der Waals surface area contributed by atoms with E-state index in [9.17, 15) is 4.79 Å². The van der Waals surface area contributed by atoms with E-state index in [0.717, 1.165) is 6.42 Å². The number of benzene rings is 1. The van der Waals surface area contributed by atoms with E-state index >= 15 is 0 Å². The Labute approximate surface area is 121 Å². The Morgan fingerprint density at radius 2 is 2.30 bits per heavy atom. The summed E-state index contributed by atoms with van der Waals surface area (Å²) in [6.45, 7) is 4.29. The van der Waals surface area contributed by atoms with Crippen LogP contribution >= 0.6 is 11.6 Å². The molecule has 0 saturated carbocycles. The Bertz CT molecular complexity index is 612. The second kappa shape index (κ2) is 6.38. The van der Waals surface area contributed by atoms with E-state index in [0.29, 0.717) is 28.9 Å². The number of hydrogen-bond acceptors (Lipinski definition) is 4. The fourth-order valence-corrected chi connectivity index (χ4v) is 1.73. The summed E-state index contributed by atoms with van der Waals surface area (Å²) in [4.78, 5) is 16.0. The number of nitrogens with one attached hydrogen (secondary N) is 2. The Morgan fingerprint density at radius 3 is 2.95 bits per heavy atom. The zero-order chi connectivity index (χ0) is 14.5. The number of aryl methyl sites for hydroxylation is 1. The summed E-state index contributed by atoms with van der Waals surface area (Å²) in [6.07, 6.45) is 0.871. The highest BCUT2D eigenvalue weighted by atomic mass is 35.5. The number of carbonyl (C=O) groups is 1. The summed E-state index contributed by atoms with van der Waals surface area (Å²) in [5.74, 6) is 0.794. The van der Waals surface area contributed by atoms with E-state index in [-0.39, 0.29) is 5.82 Å². The van der Waals surface area contributed by atoms with Gasteiger partial charge in [0.05, 0.1) is 12.3 Å². The van der Waals surface area contributed by atoms with Crippen molar-refractivity contribution in [2.45, 2.75) is 20.3 Å². The number of aromatic amines is 1. The number of halogens is 1. The average molecular weight is 295 g/mol. The first-order valence-corrected chi connectivity index (χ1v) is 6.60. The van der Waals surface area contributed by atoms with Crippen molar-refractivity contribution in [2.75, 3.05) is 11.9 Å². The van der Waals surface area contributed by atoms with Crippen LogP contribution in [-0.4, -0.2) is 27.7 Å². The van der Waals surface area contributed by atoms with Crippen molar-refractivity contribution in [1.29, 1.82) is 0 Å². The minimum absolute atomic E-state index is 0.0731. The summed E-state index contributed by atoms with van der Waals surface area (Å²) < 4.78 is 5.56. The average Bonchev–Trinajstić information content (AvgIpc) is 2.85. The van der Waals surface area contributed by atoms with Gasteiger partial charge in [0.2, 0.25) is 5.82 Å². The zero-order valence-electron chi connectivity index (χ0n) is 11.2. The monoisotopic (exact) mass is 294 g/mol. The molecule has 6 nitrogen and oxygen atoms in total. The molecule has 0 spiro atoms. The maximum Gasteiger partial charge on any atom is 0.295 e. The lowest BCUT2D eigenvalue weighted by atomic mass is 10.3. The van der Waals surface area contributed by atoms with Gasteiger partial charge in [-0.05, 0) is 31.5 Å². The Hall–Kier alpha value is -2.08. The highest BCUT2D eigenvalue weighted by Crippen LogP contribution is 2.28. The minimum atomic E-state index is -0.419. The molecular weight excluding hydrogens is 280 g/mol. The molecule has 7 heteroatoms. The summed E-state index contributed by atoms with van der Waals surface area (Å²) >= 11 is 5.94. The number of aromatic nitrogens is 3. The zero-order valence-corrected chi connectivity index (χ0v) is 12.0. The lowest BCUT2D eigenvalue weighted by Crippen LogP contribution is -2.15.